The van der Waals surface area contributed by atoms with Gasteiger partial charge >= 0.3 is 0 Å². The molecule has 0 bridgehead atoms. The van der Waals surface area contributed by atoms with Crippen LogP contribution >= 0.6 is 0 Å². The van der Waals surface area contributed by atoms with Crippen LogP contribution in [0.15, 0.2) is 24.3 Å². The lowest BCUT2D eigenvalue weighted by atomic mass is 9.84. The van der Waals surface area contributed by atoms with Gasteiger partial charge < -0.3 is 9.84 Å². The van der Waals surface area contributed by atoms with Gasteiger partial charge in [-0.3, -0.25) is 0 Å². The molecule has 0 aliphatic heterocycles. The molecule has 1 fully saturated rings. The van der Waals surface area contributed by atoms with E-state index in [2.05, 4.69) is 19.1 Å². The molecule has 0 heterocycles. The third-order valence-corrected chi connectivity index (χ3v) is 4.42. The van der Waals surface area contributed by atoms with Crippen LogP contribution in [0.3, 0.4) is 0 Å². The molecule has 1 aliphatic carbocycles. The lowest BCUT2D eigenvalue weighted by Crippen LogP contribution is -2.33. The molecule has 2 rings (SSSR count). The maximum absolute atomic E-state index is 10.7. The van der Waals surface area contributed by atoms with Crippen LogP contribution in [0.2, 0.25) is 0 Å². The zero-order valence-corrected chi connectivity index (χ0v) is 11.5. The maximum atomic E-state index is 10.7. The second-order valence-corrected chi connectivity index (χ2v) is 5.45. The number of aryl methyl sites for hydroxylation is 1. The van der Waals surface area contributed by atoms with E-state index in [9.17, 15) is 5.11 Å². The highest BCUT2D eigenvalue weighted by Gasteiger charge is 2.39. The Balaban J connectivity index is 1.93. The highest BCUT2D eigenvalue weighted by molar-refractivity contribution is 5.27. The van der Waals surface area contributed by atoms with Gasteiger partial charge in [-0.25, -0.2) is 0 Å². The summed E-state index contributed by atoms with van der Waals surface area (Å²) in [5.74, 6) is 1.39. The first kappa shape index (κ1) is 13.4. The normalized spacial score (nSPS) is 27.4. The van der Waals surface area contributed by atoms with Crippen LogP contribution in [0.1, 0.15) is 44.6 Å². The molecule has 2 unspecified atom stereocenters. The fraction of sp³-hybridized carbons (Fsp3) is 0.625. The van der Waals surface area contributed by atoms with Gasteiger partial charge in [0.2, 0.25) is 0 Å². The molecule has 0 aromatic heterocycles. The molecule has 0 amide bonds. The summed E-state index contributed by atoms with van der Waals surface area (Å²) < 4.78 is 5.15. The highest BCUT2D eigenvalue weighted by Crippen LogP contribution is 2.40. The van der Waals surface area contributed by atoms with Crippen molar-refractivity contribution in [3.05, 3.63) is 29.8 Å². The van der Waals surface area contributed by atoms with E-state index in [1.165, 1.54) is 18.4 Å². The van der Waals surface area contributed by atoms with Gasteiger partial charge in [0, 0.05) is 0 Å². The zero-order valence-electron chi connectivity index (χ0n) is 11.5. The van der Waals surface area contributed by atoms with E-state index in [0.717, 1.165) is 31.4 Å². The van der Waals surface area contributed by atoms with Gasteiger partial charge in [-0.05, 0) is 49.3 Å². The van der Waals surface area contributed by atoms with Crippen LogP contribution in [0.5, 0.6) is 5.75 Å². The van der Waals surface area contributed by atoms with E-state index in [1.807, 2.05) is 12.1 Å². The molecule has 1 saturated carbocycles. The monoisotopic (exact) mass is 248 g/mol. The Morgan fingerprint density at radius 3 is 2.67 bits per heavy atom. The van der Waals surface area contributed by atoms with Crippen molar-refractivity contribution < 1.29 is 9.84 Å². The molecular weight excluding hydrogens is 224 g/mol. The van der Waals surface area contributed by atoms with E-state index >= 15 is 0 Å². The van der Waals surface area contributed by atoms with Gasteiger partial charge in [-0.15, -0.1) is 0 Å². The van der Waals surface area contributed by atoms with E-state index in [-0.39, 0.29) is 0 Å². The van der Waals surface area contributed by atoms with E-state index in [1.54, 1.807) is 7.11 Å². The third kappa shape index (κ3) is 2.86. The summed E-state index contributed by atoms with van der Waals surface area (Å²) in [6.07, 6.45) is 6.28. The predicted molar refractivity (Wildman–Crippen MR) is 73.9 cm³/mol. The lowest BCUT2D eigenvalue weighted by molar-refractivity contribution is -0.00657. The number of rotatable bonds is 5. The second kappa shape index (κ2) is 5.75. The number of aliphatic hydroxyl groups is 1. The summed E-state index contributed by atoms with van der Waals surface area (Å²) in [5, 5.41) is 10.7. The molecule has 1 aromatic rings. The van der Waals surface area contributed by atoms with Gasteiger partial charge in [0.05, 0.1) is 12.7 Å². The average Bonchev–Trinajstić information content (AvgIpc) is 2.78. The van der Waals surface area contributed by atoms with Crippen molar-refractivity contribution in [3.8, 4) is 5.75 Å². The van der Waals surface area contributed by atoms with Crippen molar-refractivity contribution in [2.24, 2.45) is 5.92 Å². The average molecular weight is 248 g/mol. The van der Waals surface area contributed by atoms with Crippen LogP contribution in [-0.4, -0.2) is 17.8 Å². The minimum absolute atomic E-state index is 0.422. The smallest absolute Gasteiger partial charge is 0.118 e. The largest absolute Gasteiger partial charge is 0.497 e. The minimum Gasteiger partial charge on any atom is -0.497 e. The van der Waals surface area contributed by atoms with Crippen LogP contribution in [-0.2, 0) is 6.42 Å². The molecule has 1 N–H and O–H groups in total. The molecule has 2 heteroatoms. The van der Waals surface area contributed by atoms with Gasteiger partial charge in [0.1, 0.15) is 5.75 Å². The summed E-state index contributed by atoms with van der Waals surface area (Å²) in [6, 6.07) is 8.17. The number of hydrogen-bond acceptors (Lipinski definition) is 2. The first-order chi connectivity index (χ1) is 8.68. The van der Waals surface area contributed by atoms with Crippen molar-refractivity contribution in [1.82, 2.24) is 0 Å². The predicted octanol–water partition coefficient (Wildman–Crippen LogP) is 3.57. The van der Waals surface area contributed by atoms with Crippen molar-refractivity contribution in [2.45, 2.75) is 51.0 Å². The summed E-state index contributed by atoms with van der Waals surface area (Å²) in [7, 11) is 1.68. The van der Waals surface area contributed by atoms with Crippen LogP contribution in [0, 0.1) is 5.92 Å². The van der Waals surface area contributed by atoms with E-state index < -0.39 is 5.60 Å². The first-order valence-corrected chi connectivity index (χ1v) is 7.03. The number of methoxy groups -OCH3 is 1. The molecular formula is C16H24O2. The first-order valence-electron chi connectivity index (χ1n) is 7.03. The molecule has 0 radical (unpaired) electrons. The Hall–Kier alpha value is -1.02. The molecule has 100 valence electrons. The molecule has 0 saturated heterocycles. The quantitative estimate of drug-likeness (QED) is 0.863. The number of benzene rings is 1. The number of ether oxygens (including phenoxy) is 1. The fourth-order valence-corrected chi connectivity index (χ4v) is 3.19. The second-order valence-electron chi connectivity index (χ2n) is 5.45. The van der Waals surface area contributed by atoms with E-state index in [0.29, 0.717) is 5.92 Å². The summed E-state index contributed by atoms with van der Waals surface area (Å²) in [4.78, 5) is 0. The standard InChI is InChI=1S/C16H24O2/c1-3-14-5-4-11-16(14,17)12-10-13-6-8-15(18-2)9-7-13/h6-9,14,17H,3-5,10-12H2,1-2H3. The Bertz CT molecular complexity index is 371. The molecule has 18 heavy (non-hydrogen) atoms. The summed E-state index contributed by atoms with van der Waals surface area (Å²) in [6.45, 7) is 2.19. The van der Waals surface area contributed by atoms with Crippen molar-refractivity contribution in [1.29, 1.82) is 0 Å². The van der Waals surface area contributed by atoms with Crippen LogP contribution < -0.4 is 4.74 Å². The Morgan fingerprint density at radius 1 is 1.33 bits per heavy atom. The molecule has 2 nitrogen and oxygen atoms in total. The van der Waals surface area contributed by atoms with Crippen LogP contribution in [0.25, 0.3) is 0 Å². The van der Waals surface area contributed by atoms with Crippen molar-refractivity contribution in [2.75, 3.05) is 7.11 Å². The lowest BCUT2D eigenvalue weighted by Gasteiger charge is -2.29. The van der Waals surface area contributed by atoms with E-state index in [4.69, 9.17) is 4.74 Å². The molecule has 1 aliphatic rings. The topological polar surface area (TPSA) is 29.5 Å². The third-order valence-electron chi connectivity index (χ3n) is 4.42. The highest BCUT2D eigenvalue weighted by atomic mass is 16.5. The fourth-order valence-electron chi connectivity index (χ4n) is 3.19. The van der Waals surface area contributed by atoms with Crippen LogP contribution in [0.4, 0.5) is 0 Å². The zero-order chi connectivity index (χ0) is 13.0. The maximum Gasteiger partial charge on any atom is 0.118 e. The summed E-state index contributed by atoms with van der Waals surface area (Å²) in [5.41, 5.74) is 0.861. The minimum atomic E-state index is -0.422. The van der Waals surface area contributed by atoms with Gasteiger partial charge in [-0.2, -0.15) is 0 Å². The Labute approximate surface area is 110 Å². The Kier molecular flexibility index (Phi) is 4.28. The van der Waals surface area contributed by atoms with Gasteiger partial charge in [-0.1, -0.05) is 31.9 Å². The van der Waals surface area contributed by atoms with Gasteiger partial charge in [0.25, 0.3) is 0 Å². The van der Waals surface area contributed by atoms with Gasteiger partial charge in [0.15, 0.2) is 0 Å². The molecule has 0 spiro atoms. The summed E-state index contributed by atoms with van der Waals surface area (Å²) >= 11 is 0. The molecule has 1 aromatic carbocycles. The molecule has 2 atom stereocenters. The van der Waals surface area contributed by atoms with Crippen molar-refractivity contribution >= 4 is 0 Å². The SMILES string of the molecule is CCC1CCCC1(O)CCc1ccc(OC)cc1. The Morgan fingerprint density at radius 2 is 2.06 bits per heavy atom. The van der Waals surface area contributed by atoms with Crippen molar-refractivity contribution in [3.63, 3.8) is 0 Å². The number of hydrogen-bond donors (Lipinski definition) is 1.